The van der Waals surface area contributed by atoms with Crippen molar-refractivity contribution < 1.29 is 14.3 Å². The molecule has 1 rings (SSSR count). The Morgan fingerprint density at radius 3 is 2.41 bits per heavy atom. The molecule has 1 saturated carbocycles. The van der Waals surface area contributed by atoms with E-state index in [0.717, 1.165) is 12.8 Å². The fraction of sp³-hybridized carbons (Fsp3) is 0.833. The molecular formula is C12H22N2O3. The summed E-state index contributed by atoms with van der Waals surface area (Å²) in [6.07, 6.45) is 3.17. The monoisotopic (exact) mass is 242 g/mol. The topological polar surface area (TPSA) is 67.4 Å². The normalized spacial score (nSPS) is 15.9. The summed E-state index contributed by atoms with van der Waals surface area (Å²) in [4.78, 5) is 22.7. The molecule has 1 aliphatic carbocycles. The molecule has 0 atom stereocenters. The quantitative estimate of drug-likeness (QED) is 0.786. The van der Waals surface area contributed by atoms with Crippen LogP contribution in [0.1, 0.15) is 46.5 Å². The van der Waals surface area contributed by atoms with Crippen molar-refractivity contribution in [2.75, 3.05) is 6.54 Å². The first-order valence-electron chi connectivity index (χ1n) is 6.13. The maximum absolute atomic E-state index is 11.4. The Morgan fingerprint density at radius 2 is 1.94 bits per heavy atom. The van der Waals surface area contributed by atoms with Gasteiger partial charge in [0.15, 0.2) is 0 Å². The van der Waals surface area contributed by atoms with Crippen LogP contribution < -0.4 is 10.6 Å². The van der Waals surface area contributed by atoms with E-state index in [0.29, 0.717) is 19.0 Å². The molecule has 0 unspecified atom stereocenters. The minimum Gasteiger partial charge on any atom is -0.444 e. The summed E-state index contributed by atoms with van der Waals surface area (Å²) in [6, 6.07) is 0.351. The average molecular weight is 242 g/mol. The first-order chi connectivity index (χ1) is 7.87. The van der Waals surface area contributed by atoms with Crippen molar-refractivity contribution in [3.05, 3.63) is 0 Å². The predicted octanol–water partition coefficient (Wildman–Crippen LogP) is 1.57. The number of nitrogens with one attached hydrogen (secondary N) is 2. The summed E-state index contributed by atoms with van der Waals surface area (Å²) < 4.78 is 5.05. The summed E-state index contributed by atoms with van der Waals surface area (Å²) in [5.74, 6) is -0.00856. The van der Waals surface area contributed by atoms with Crippen LogP contribution >= 0.6 is 0 Å². The molecule has 1 fully saturated rings. The third-order valence-electron chi connectivity index (χ3n) is 2.49. The SMILES string of the molecule is CC(C)(C)OC(=O)NCCC(=O)NC1CCC1. The third kappa shape index (κ3) is 6.14. The highest BCUT2D eigenvalue weighted by atomic mass is 16.6. The van der Waals surface area contributed by atoms with Crippen molar-refractivity contribution in [2.45, 2.75) is 58.1 Å². The van der Waals surface area contributed by atoms with Crippen LogP contribution in [0.5, 0.6) is 0 Å². The van der Waals surface area contributed by atoms with Crippen molar-refractivity contribution in [3.8, 4) is 0 Å². The Labute approximate surface area is 102 Å². The van der Waals surface area contributed by atoms with Gasteiger partial charge in [-0.2, -0.15) is 0 Å². The minimum absolute atomic E-state index is 0.00856. The lowest BCUT2D eigenvalue weighted by Gasteiger charge is -2.26. The molecule has 2 amide bonds. The molecule has 5 heteroatoms. The molecule has 98 valence electrons. The van der Waals surface area contributed by atoms with Gasteiger partial charge in [-0.1, -0.05) is 0 Å². The second-order valence-electron chi connectivity index (χ2n) is 5.37. The zero-order valence-electron chi connectivity index (χ0n) is 10.8. The molecule has 0 spiro atoms. The van der Waals surface area contributed by atoms with Gasteiger partial charge in [0.25, 0.3) is 0 Å². The lowest BCUT2D eigenvalue weighted by molar-refractivity contribution is -0.122. The maximum Gasteiger partial charge on any atom is 0.407 e. The molecular weight excluding hydrogens is 220 g/mol. The summed E-state index contributed by atoms with van der Waals surface area (Å²) >= 11 is 0. The van der Waals surface area contributed by atoms with E-state index < -0.39 is 11.7 Å². The molecule has 0 bridgehead atoms. The second kappa shape index (κ2) is 5.89. The van der Waals surface area contributed by atoms with E-state index in [9.17, 15) is 9.59 Å². The molecule has 0 aromatic carbocycles. The van der Waals surface area contributed by atoms with Crippen LogP contribution in [0.15, 0.2) is 0 Å². The number of carbonyl (C=O) groups excluding carboxylic acids is 2. The van der Waals surface area contributed by atoms with Crippen LogP contribution in [0.3, 0.4) is 0 Å². The molecule has 0 radical (unpaired) electrons. The van der Waals surface area contributed by atoms with Gasteiger partial charge in [0.05, 0.1) is 0 Å². The van der Waals surface area contributed by atoms with Crippen LogP contribution in [-0.2, 0) is 9.53 Å². The largest absolute Gasteiger partial charge is 0.444 e. The lowest BCUT2D eigenvalue weighted by Crippen LogP contribution is -2.41. The van der Waals surface area contributed by atoms with E-state index in [1.54, 1.807) is 20.8 Å². The predicted molar refractivity (Wildman–Crippen MR) is 64.6 cm³/mol. The second-order valence-corrected chi connectivity index (χ2v) is 5.37. The molecule has 0 heterocycles. The Hall–Kier alpha value is -1.26. The summed E-state index contributed by atoms with van der Waals surface area (Å²) in [5, 5.41) is 5.46. The molecule has 17 heavy (non-hydrogen) atoms. The van der Waals surface area contributed by atoms with Crippen molar-refractivity contribution in [1.82, 2.24) is 10.6 Å². The van der Waals surface area contributed by atoms with Crippen molar-refractivity contribution >= 4 is 12.0 Å². The van der Waals surface area contributed by atoms with Crippen molar-refractivity contribution in [2.24, 2.45) is 0 Å². The van der Waals surface area contributed by atoms with E-state index in [-0.39, 0.29) is 5.91 Å². The highest BCUT2D eigenvalue weighted by molar-refractivity contribution is 5.77. The standard InChI is InChI=1S/C12H22N2O3/c1-12(2,3)17-11(16)13-8-7-10(15)14-9-5-4-6-9/h9H,4-8H2,1-3H3,(H,13,16)(H,14,15). The zero-order valence-corrected chi connectivity index (χ0v) is 10.8. The van der Waals surface area contributed by atoms with Gasteiger partial charge in [0, 0.05) is 19.0 Å². The van der Waals surface area contributed by atoms with Crippen molar-refractivity contribution in [3.63, 3.8) is 0 Å². The fourth-order valence-electron chi connectivity index (χ4n) is 1.44. The third-order valence-corrected chi connectivity index (χ3v) is 2.49. The van der Waals surface area contributed by atoms with Crippen LogP contribution in [-0.4, -0.2) is 30.2 Å². The van der Waals surface area contributed by atoms with Crippen LogP contribution in [0.25, 0.3) is 0 Å². The molecule has 0 aromatic heterocycles. The minimum atomic E-state index is -0.502. The Bertz CT molecular complexity index is 280. The molecule has 2 N–H and O–H groups in total. The Morgan fingerprint density at radius 1 is 1.29 bits per heavy atom. The summed E-state index contributed by atoms with van der Waals surface area (Å²) in [6.45, 7) is 5.72. The first kappa shape index (κ1) is 13.8. The molecule has 0 saturated heterocycles. The van der Waals surface area contributed by atoms with Gasteiger partial charge in [-0.25, -0.2) is 4.79 Å². The van der Waals surface area contributed by atoms with Crippen LogP contribution in [0.2, 0.25) is 0 Å². The van der Waals surface area contributed by atoms with E-state index in [1.807, 2.05) is 0 Å². The summed E-state index contributed by atoms with van der Waals surface area (Å²) in [7, 11) is 0. The van der Waals surface area contributed by atoms with Crippen LogP contribution in [0.4, 0.5) is 4.79 Å². The number of amides is 2. The maximum atomic E-state index is 11.4. The first-order valence-corrected chi connectivity index (χ1v) is 6.13. The highest BCUT2D eigenvalue weighted by Gasteiger charge is 2.19. The number of rotatable bonds is 4. The highest BCUT2D eigenvalue weighted by Crippen LogP contribution is 2.17. The van der Waals surface area contributed by atoms with Crippen molar-refractivity contribution in [1.29, 1.82) is 0 Å². The Balaban J connectivity index is 2.06. The van der Waals surface area contributed by atoms with Gasteiger partial charge < -0.3 is 15.4 Å². The fourth-order valence-corrected chi connectivity index (χ4v) is 1.44. The van der Waals surface area contributed by atoms with Gasteiger partial charge in [-0.05, 0) is 40.0 Å². The molecule has 1 aliphatic rings. The molecule has 0 aromatic rings. The summed E-state index contributed by atoms with van der Waals surface area (Å²) in [5.41, 5.74) is -0.502. The number of alkyl carbamates (subject to hydrolysis) is 1. The van der Waals surface area contributed by atoms with E-state index >= 15 is 0 Å². The van der Waals surface area contributed by atoms with Gasteiger partial charge in [-0.3, -0.25) is 4.79 Å². The van der Waals surface area contributed by atoms with Gasteiger partial charge >= 0.3 is 6.09 Å². The zero-order chi connectivity index (χ0) is 12.9. The van der Waals surface area contributed by atoms with E-state index in [4.69, 9.17) is 4.74 Å². The van der Waals surface area contributed by atoms with E-state index in [1.165, 1.54) is 6.42 Å². The van der Waals surface area contributed by atoms with Gasteiger partial charge in [0.2, 0.25) is 5.91 Å². The number of ether oxygens (including phenoxy) is 1. The van der Waals surface area contributed by atoms with Crippen LogP contribution in [0, 0.1) is 0 Å². The Kier molecular flexibility index (Phi) is 4.78. The van der Waals surface area contributed by atoms with Gasteiger partial charge in [0.1, 0.15) is 5.60 Å². The van der Waals surface area contributed by atoms with E-state index in [2.05, 4.69) is 10.6 Å². The van der Waals surface area contributed by atoms with Gasteiger partial charge in [-0.15, -0.1) is 0 Å². The smallest absolute Gasteiger partial charge is 0.407 e. The molecule has 0 aliphatic heterocycles. The number of hydrogen-bond donors (Lipinski definition) is 2. The number of carbonyl (C=O) groups is 2. The molecule has 5 nitrogen and oxygen atoms in total. The lowest BCUT2D eigenvalue weighted by atomic mass is 9.93. The average Bonchev–Trinajstić information content (AvgIpc) is 2.08. The number of hydrogen-bond acceptors (Lipinski definition) is 3.